The van der Waals surface area contributed by atoms with Gasteiger partial charge in [0, 0.05) is 26.0 Å². The maximum atomic E-state index is 12.1. The third-order valence-corrected chi connectivity index (χ3v) is 3.92. The van der Waals surface area contributed by atoms with E-state index in [0.29, 0.717) is 11.8 Å². The fourth-order valence-electron chi connectivity index (χ4n) is 1.34. The van der Waals surface area contributed by atoms with Gasteiger partial charge in [0.25, 0.3) is 0 Å². The van der Waals surface area contributed by atoms with Crippen LogP contribution >= 0.6 is 24.4 Å². The summed E-state index contributed by atoms with van der Waals surface area (Å²) in [7, 11) is 0. The number of esters is 3. The highest BCUT2D eigenvalue weighted by Gasteiger charge is 2.31. The Labute approximate surface area is 160 Å². The Morgan fingerprint density at radius 2 is 1.42 bits per heavy atom. The topological polar surface area (TPSA) is 122 Å². The van der Waals surface area contributed by atoms with Gasteiger partial charge in [-0.2, -0.15) is 12.6 Å². The van der Waals surface area contributed by atoms with Gasteiger partial charge in [0.1, 0.15) is 5.78 Å². The number of carbonyl (C=O) groups excluding carboxylic acids is 5. The molecular formula is C15H22O9S2. The van der Waals surface area contributed by atoms with Gasteiger partial charge >= 0.3 is 23.2 Å². The van der Waals surface area contributed by atoms with Gasteiger partial charge in [-0.05, 0) is 25.6 Å². The van der Waals surface area contributed by atoms with E-state index in [0.717, 1.165) is 13.8 Å². The summed E-state index contributed by atoms with van der Waals surface area (Å²) in [6.45, 7) is 4.30. The van der Waals surface area contributed by atoms with Crippen molar-refractivity contribution < 1.29 is 42.9 Å². The summed E-state index contributed by atoms with van der Waals surface area (Å²) < 4.78 is 17.4. The molecule has 9 nitrogen and oxygen atoms in total. The number of ketones is 1. The Morgan fingerprint density at radius 3 is 1.88 bits per heavy atom. The van der Waals surface area contributed by atoms with E-state index in [1.54, 1.807) is 13.8 Å². The van der Waals surface area contributed by atoms with E-state index >= 15 is 0 Å². The Hall–Kier alpha value is -1.75. The Morgan fingerprint density at radius 1 is 0.923 bits per heavy atom. The largest absolute Gasteiger partial charge is 0.428 e. The number of thioether (sulfide) groups is 1. The van der Waals surface area contributed by atoms with E-state index in [4.69, 9.17) is 4.74 Å². The molecule has 0 N–H and O–H groups in total. The summed E-state index contributed by atoms with van der Waals surface area (Å²) in [6.07, 6.45) is -0.223. The van der Waals surface area contributed by atoms with Gasteiger partial charge in [0.05, 0.1) is 10.7 Å². The normalized spacial score (nSPS) is 11.9. The fraction of sp³-hybridized carbons (Fsp3) is 0.667. The molecule has 0 amide bonds. The zero-order valence-electron chi connectivity index (χ0n) is 14.9. The van der Waals surface area contributed by atoms with Gasteiger partial charge in [-0.3, -0.25) is 19.2 Å². The monoisotopic (exact) mass is 410 g/mol. The van der Waals surface area contributed by atoms with E-state index < -0.39 is 47.5 Å². The average Bonchev–Trinajstić information content (AvgIpc) is 2.49. The number of hydrogen-bond acceptors (Lipinski definition) is 11. The molecule has 0 unspecified atom stereocenters. The molecule has 0 radical (unpaired) electrons. The molecule has 0 aliphatic heterocycles. The van der Waals surface area contributed by atoms with Crippen LogP contribution in [0.2, 0.25) is 0 Å². The van der Waals surface area contributed by atoms with Gasteiger partial charge in [-0.15, -0.1) is 0 Å². The minimum Gasteiger partial charge on any atom is -0.428 e. The second kappa shape index (κ2) is 11.8. The minimum atomic E-state index is -0.977. The first-order chi connectivity index (χ1) is 11.9. The van der Waals surface area contributed by atoms with Crippen LogP contribution in [-0.4, -0.2) is 53.1 Å². The molecule has 0 fully saturated rings. The van der Waals surface area contributed by atoms with E-state index in [1.165, 1.54) is 0 Å². The quantitative estimate of drug-likeness (QED) is 0.323. The Bertz CT molecular complexity index is 540. The molecule has 0 rings (SSSR count). The molecule has 0 aromatic heterocycles. The van der Waals surface area contributed by atoms with Gasteiger partial charge in [0.15, 0.2) is 0 Å². The number of thiol groups is 1. The fourth-order valence-corrected chi connectivity index (χ4v) is 2.16. The van der Waals surface area contributed by atoms with Crippen molar-refractivity contribution in [3.05, 3.63) is 0 Å². The van der Waals surface area contributed by atoms with Crippen LogP contribution in [0.4, 0.5) is 4.79 Å². The molecule has 0 aromatic rings. The lowest BCUT2D eigenvalue weighted by molar-refractivity contribution is -0.169. The van der Waals surface area contributed by atoms with Crippen LogP contribution in [0.25, 0.3) is 0 Å². The summed E-state index contributed by atoms with van der Waals surface area (Å²) in [5.41, 5.74) is 0. The van der Waals surface area contributed by atoms with Gasteiger partial charge in [-0.1, -0.05) is 0 Å². The van der Waals surface area contributed by atoms with Crippen molar-refractivity contribution in [3.63, 3.8) is 0 Å². The van der Waals surface area contributed by atoms with Crippen LogP contribution in [0.15, 0.2) is 0 Å². The number of rotatable bonds is 10. The van der Waals surface area contributed by atoms with Gasteiger partial charge in [0.2, 0.25) is 13.6 Å². The number of hydrogen-bond donors (Lipinski definition) is 1. The number of ether oxygens (including phenoxy) is 4. The average molecular weight is 410 g/mol. The number of carbonyl (C=O) groups is 5. The molecule has 11 heteroatoms. The van der Waals surface area contributed by atoms with Crippen molar-refractivity contribution in [2.45, 2.75) is 38.9 Å². The Kier molecular flexibility index (Phi) is 11.0. The molecule has 0 aliphatic carbocycles. The van der Waals surface area contributed by atoms with Gasteiger partial charge < -0.3 is 18.9 Å². The van der Waals surface area contributed by atoms with Crippen LogP contribution in [0.5, 0.6) is 0 Å². The number of Topliss-reactive ketones (excluding diaryl/α,β-unsaturated/α-hetero) is 1. The highest BCUT2D eigenvalue weighted by molar-refractivity contribution is 8.13. The van der Waals surface area contributed by atoms with Crippen molar-refractivity contribution >= 4 is 53.4 Å². The molecule has 0 saturated heterocycles. The van der Waals surface area contributed by atoms with Crippen LogP contribution in [0, 0.1) is 5.92 Å². The van der Waals surface area contributed by atoms with E-state index in [2.05, 4.69) is 26.8 Å². The smallest absolute Gasteiger partial charge is 0.370 e. The highest BCUT2D eigenvalue weighted by Crippen LogP contribution is 2.23. The second-order valence-corrected chi connectivity index (χ2v) is 7.63. The zero-order valence-corrected chi connectivity index (χ0v) is 16.6. The van der Waals surface area contributed by atoms with Crippen molar-refractivity contribution in [1.29, 1.82) is 0 Å². The highest BCUT2D eigenvalue weighted by atomic mass is 32.2. The third-order valence-electron chi connectivity index (χ3n) is 2.75. The molecule has 0 spiro atoms. The lowest BCUT2D eigenvalue weighted by Crippen LogP contribution is -2.32. The van der Waals surface area contributed by atoms with Crippen LogP contribution < -0.4 is 0 Å². The minimum absolute atomic E-state index is 0.118. The summed E-state index contributed by atoms with van der Waals surface area (Å²) in [5, 5.41) is -0.790. The second-order valence-electron chi connectivity index (χ2n) is 5.56. The summed E-state index contributed by atoms with van der Waals surface area (Å²) in [4.78, 5) is 57.0. The molecular weight excluding hydrogens is 388 g/mol. The first kappa shape index (κ1) is 24.2. The molecule has 0 heterocycles. The standard InChI is InChI=1S/C15H22O9S2/c1-9(16)21-7-23-13(19)11(5-12(18)15(3,4)25)6-26-14(20)24-8-22-10(2)17/h11,25H,5-8H2,1-4H3/t11-/m0/s1. The SMILES string of the molecule is CC(=O)OCOC(=O)SC[C@H](CC(=O)C(C)(C)S)C(=O)OCOC(C)=O. The third kappa shape index (κ3) is 11.7. The van der Waals surface area contributed by atoms with Crippen LogP contribution in [-0.2, 0) is 38.1 Å². The van der Waals surface area contributed by atoms with Crippen molar-refractivity contribution in [2.75, 3.05) is 19.3 Å². The van der Waals surface area contributed by atoms with Crippen LogP contribution in [0.3, 0.4) is 0 Å². The van der Waals surface area contributed by atoms with Crippen molar-refractivity contribution in [2.24, 2.45) is 5.92 Å². The van der Waals surface area contributed by atoms with E-state index in [9.17, 15) is 24.0 Å². The predicted octanol–water partition coefficient (Wildman–Crippen LogP) is 1.72. The predicted molar refractivity (Wildman–Crippen MR) is 94.5 cm³/mol. The molecule has 0 bridgehead atoms. The lowest BCUT2D eigenvalue weighted by atomic mass is 9.97. The molecule has 1 atom stereocenters. The molecule has 26 heavy (non-hydrogen) atoms. The summed E-state index contributed by atoms with van der Waals surface area (Å²) in [5.74, 6) is -3.48. The maximum Gasteiger partial charge on any atom is 0.370 e. The molecule has 0 aromatic carbocycles. The van der Waals surface area contributed by atoms with E-state index in [-0.39, 0.29) is 18.0 Å². The van der Waals surface area contributed by atoms with Crippen LogP contribution in [0.1, 0.15) is 34.1 Å². The maximum absolute atomic E-state index is 12.1. The summed E-state index contributed by atoms with van der Waals surface area (Å²) in [6, 6.07) is 0. The molecule has 0 aliphatic rings. The van der Waals surface area contributed by atoms with Crippen molar-refractivity contribution in [3.8, 4) is 0 Å². The Balaban J connectivity index is 4.68. The van der Waals surface area contributed by atoms with Crippen molar-refractivity contribution in [1.82, 2.24) is 0 Å². The first-order valence-corrected chi connectivity index (χ1v) is 8.85. The zero-order chi connectivity index (χ0) is 20.3. The first-order valence-electron chi connectivity index (χ1n) is 7.42. The summed E-state index contributed by atoms with van der Waals surface area (Å²) >= 11 is 4.76. The molecule has 148 valence electrons. The molecule has 0 saturated carbocycles. The van der Waals surface area contributed by atoms with E-state index in [1.807, 2.05) is 0 Å². The lowest BCUT2D eigenvalue weighted by Gasteiger charge is -2.20. The van der Waals surface area contributed by atoms with Gasteiger partial charge in [-0.25, -0.2) is 4.79 Å².